The number of carbonyl (C=O) groups is 4. The van der Waals surface area contributed by atoms with E-state index in [0.29, 0.717) is 0 Å². The standard InChI is InChI=1S/C14H26N4O6/c1-6(2)10(13(22)16-8(4)14(23)24)18-12(21)9(5-19)17-11(20)7(3)15/h6-10,19H,5,15H2,1-4H3,(H,16,22)(H,17,20)(H,18,21)(H,23,24). The SMILES string of the molecule is CC(N)C(=O)NC(CO)C(=O)NC(C(=O)NC(C)C(=O)O)C(C)C. The Kier molecular flexibility index (Phi) is 8.93. The van der Waals surface area contributed by atoms with E-state index >= 15 is 0 Å². The van der Waals surface area contributed by atoms with E-state index in [9.17, 15) is 24.3 Å². The molecule has 0 heterocycles. The molecule has 24 heavy (non-hydrogen) atoms. The quantitative estimate of drug-likeness (QED) is 0.269. The molecule has 0 aromatic heterocycles. The summed E-state index contributed by atoms with van der Waals surface area (Å²) in [4.78, 5) is 46.6. The number of rotatable bonds is 9. The fourth-order valence-electron chi connectivity index (χ4n) is 1.65. The van der Waals surface area contributed by atoms with Gasteiger partial charge in [0, 0.05) is 0 Å². The van der Waals surface area contributed by atoms with Gasteiger partial charge < -0.3 is 31.9 Å². The van der Waals surface area contributed by atoms with Gasteiger partial charge >= 0.3 is 5.97 Å². The molecule has 0 radical (unpaired) electrons. The lowest BCUT2D eigenvalue weighted by molar-refractivity contribution is -0.142. The van der Waals surface area contributed by atoms with Crippen molar-refractivity contribution in [3.63, 3.8) is 0 Å². The molecular weight excluding hydrogens is 320 g/mol. The van der Waals surface area contributed by atoms with Crippen molar-refractivity contribution in [2.24, 2.45) is 11.7 Å². The molecular formula is C14H26N4O6. The molecule has 4 atom stereocenters. The molecule has 0 spiro atoms. The zero-order valence-corrected chi connectivity index (χ0v) is 14.2. The third-order valence-corrected chi connectivity index (χ3v) is 3.21. The first-order valence-corrected chi connectivity index (χ1v) is 7.51. The molecule has 0 aliphatic carbocycles. The molecule has 10 heteroatoms. The Balaban J connectivity index is 4.97. The van der Waals surface area contributed by atoms with Gasteiger partial charge in [-0.25, -0.2) is 0 Å². The molecule has 7 N–H and O–H groups in total. The fraction of sp³-hybridized carbons (Fsp3) is 0.714. The van der Waals surface area contributed by atoms with E-state index in [1.54, 1.807) is 13.8 Å². The number of carbonyl (C=O) groups excluding carboxylic acids is 3. The van der Waals surface area contributed by atoms with Gasteiger partial charge in [0.05, 0.1) is 12.6 Å². The Morgan fingerprint density at radius 3 is 1.83 bits per heavy atom. The van der Waals surface area contributed by atoms with Gasteiger partial charge in [-0.3, -0.25) is 19.2 Å². The van der Waals surface area contributed by atoms with E-state index < -0.39 is 54.5 Å². The third kappa shape index (κ3) is 6.92. The smallest absolute Gasteiger partial charge is 0.325 e. The summed E-state index contributed by atoms with van der Waals surface area (Å²) in [6, 6.07) is -4.29. The van der Waals surface area contributed by atoms with E-state index in [1.807, 2.05) is 0 Å². The first kappa shape index (κ1) is 21.8. The Morgan fingerprint density at radius 1 is 0.917 bits per heavy atom. The third-order valence-electron chi connectivity index (χ3n) is 3.21. The van der Waals surface area contributed by atoms with Gasteiger partial charge in [-0.15, -0.1) is 0 Å². The number of amides is 3. The van der Waals surface area contributed by atoms with Crippen LogP contribution in [-0.2, 0) is 19.2 Å². The molecule has 0 aliphatic rings. The predicted octanol–water partition coefficient (Wildman–Crippen LogP) is -2.46. The summed E-state index contributed by atoms with van der Waals surface area (Å²) < 4.78 is 0. The Labute approximate surface area is 140 Å². The summed E-state index contributed by atoms with van der Waals surface area (Å²) in [6.45, 7) is 5.34. The Hall–Kier alpha value is -2.20. The highest BCUT2D eigenvalue weighted by molar-refractivity contribution is 5.94. The van der Waals surface area contributed by atoms with Crippen LogP contribution >= 0.6 is 0 Å². The van der Waals surface area contributed by atoms with Crippen molar-refractivity contribution in [1.82, 2.24) is 16.0 Å². The maximum absolute atomic E-state index is 12.1. The molecule has 0 aromatic rings. The minimum Gasteiger partial charge on any atom is -0.480 e. The van der Waals surface area contributed by atoms with Crippen molar-refractivity contribution in [1.29, 1.82) is 0 Å². The van der Waals surface area contributed by atoms with Gasteiger partial charge in [0.2, 0.25) is 17.7 Å². The Morgan fingerprint density at radius 2 is 1.46 bits per heavy atom. The fourth-order valence-corrected chi connectivity index (χ4v) is 1.65. The van der Waals surface area contributed by atoms with Crippen molar-refractivity contribution in [3.05, 3.63) is 0 Å². The van der Waals surface area contributed by atoms with Gasteiger partial charge in [0.25, 0.3) is 0 Å². The molecule has 0 fully saturated rings. The predicted molar refractivity (Wildman–Crippen MR) is 84.7 cm³/mol. The molecule has 0 saturated heterocycles. The van der Waals surface area contributed by atoms with Crippen LogP contribution in [0.25, 0.3) is 0 Å². The minimum absolute atomic E-state index is 0.349. The maximum Gasteiger partial charge on any atom is 0.325 e. The van der Waals surface area contributed by atoms with Crippen molar-refractivity contribution in [2.75, 3.05) is 6.61 Å². The van der Waals surface area contributed by atoms with Gasteiger partial charge in [0.1, 0.15) is 18.1 Å². The average molecular weight is 346 g/mol. The highest BCUT2D eigenvalue weighted by atomic mass is 16.4. The lowest BCUT2D eigenvalue weighted by Crippen LogP contribution is -2.58. The van der Waals surface area contributed by atoms with Crippen LogP contribution in [-0.4, -0.2) is 64.7 Å². The van der Waals surface area contributed by atoms with Crippen LogP contribution in [0.4, 0.5) is 0 Å². The van der Waals surface area contributed by atoms with Gasteiger partial charge in [-0.05, 0) is 19.8 Å². The highest BCUT2D eigenvalue weighted by Gasteiger charge is 2.30. The lowest BCUT2D eigenvalue weighted by atomic mass is 10.0. The van der Waals surface area contributed by atoms with Gasteiger partial charge in [-0.2, -0.15) is 0 Å². The summed E-state index contributed by atoms with van der Waals surface area (Å²) in [5.74, 6) is -3.64. The van der Waals surface area contributed by atoms with E-state index in [1.165, 1.54) is 13.8 Å². The number of aliphatic hydroxyl groups is 1. The van der Waals surface area contributed by atoms with Crippen molar-refractivity contribution in [3.8, 4) is 0 Å². The van der Waals surface area contributed by atoms with Crippen LogP contribution in [0.5, 0.6) is 0 Å². The van der Waals surface area contributed by atoms with E-state index in [0.717, 1.165) is 0 Å². The minimum atomic E-state index is -1.27. The molecule has 0 rings (SSSR count). The molecule has 10 nitrogen and oxygen atoms in total. The van der Waals surface area contributed by atoms with E-state index in [2.05, 4.69) is 16.0 Å². The first-order valence-electron chi connectivity index (χ1n) is 7.51. The molecule has 0 bridgehead atoms. The normalized spacial score (nSPS) is 15.8. The molecule has 0 aromatic carbocycles. The van der Waals surface area contributed by atoms with Crippen LogP contribution < -0.4 is 21.7 Å². The molecule has 4 unspecified atom stereocenters. The average Bonchev–Trinajstić information content (AvgIpc) is 2.48. The number of aliphatic hydroxyl groups excluding tert-OH is 1. The molecule has 0 saturated carbocycles. The molecule has 3 amide bonds. The summed E-state index contributed by atoms with van der Waals surface area (Å²) in [5.41, 5.74) is 5.37. The van der Waals surface area contributed by atoms with Crippen LogP contribution in [0.1, 0.15) is 27.7 Å². The van der Waals surface area contributed by atoms with Crippen molar-refractivity contribution in [2.45, 2.75) is 51.9 Å². The Bertz CT molecular complexity index is 480. The zero-order valence-electron chi connectivity index (χ0n) is 14.2. The van der Waals surface area contributed by atoms with Gasteiger partial charge in [-0.1, -0.05) is 13.8 Å². The maximum atomic E-state index is 12.1. The lowest BCUT2D eigenvalue weighted by Gasteiger charge is -2.25. The summed E-state index contributed by atoms with van der Waals surface area (Å²) in [6.07, 6.45) is 0. The van der Waals surface area contributed by atoms with E-state index in [-0.39, 0.29) is 5.92 Å². The van der Waals surface area contributed by atoms with Crippen LogP contribution in [0.3, 0.4) is 0 Å². The first-order chi connectivity index (χ1) is 11.0. The zero-order chi connectivity index (χ0) is 19.0. The molecule has 0 aliphatic heterocycles. The van der Waals surface area contributed by atoms with Crippen molar-refractivity contribution < 1.29 is 29.4 Å². The van der Waals surface area contributed by atoms with Crippen LogP contribution in [0.15, 0.2) is 0 Å². The number of carboxylic acid groups (broad SMARTS) is 1. The topological polar surface area (TPSA) is 171 Å². The van der Waals surface area contributed by atoms with Crippen molar-refractivity contribution >= 4 is 23.7 Å². The second kappa shape index (κ2) is 9.83. The number of carboxylic acids is 1. The number of hydrogen-bond acceptors (Lipinski definition) is 6. The summed E-state index contributed by atoms with van der Waals surface area (Å²) >= 11 is 0. The highest BCUT2D eigenvalue weighted by Crippen LogP contribution is 2.03. The second-order valence-electron chi connectivity index (χ2n) is 5.83. The van der Waals surface area contributed by atoms with Gasteiger partial charge in [0.15, 0.2) is 0 Å². The number of nitrogens with one attached hydrogen (secondary N) is 3. The largest absolute Gasteiger partial charge is 0.480 e. The monoisotopic (exact) mass is 346 g/mol. The van der Waals surface area contributed by atoms with Crippen LogP contribution in [0.2, 0.25) is 0 Å². The number of aliphatic carboxylic acids is 1. The van der Waals surface area contributed by atoms with Crippen LogP contribution in [0, 0.1) is 5.92 Å². The summed E-state index contributed by atoms with van der Waals surface area (Å²) in [5, 5.41) is 25.0. The number of nitrogens with two attached hydrogens (primary N) is 1. The molecule has 138 valence electrons. The summed E-state index contributed by atoms with van der Waals surface area (Å²) in [7, 11) is 0. The number of hydrogen-bond donors (Lipinski definition) is 6. The van der Waals surface area contributed by atoms with E-state index in [4.69, 9.17) is 10.8 Å². The second-order valence-corrected chi connectivity index (χ2v) is 5.83.